The average Bonchev–Trinajstić information content (AvgIpc) is 2.77. The molecule has 30 heavy (non-hydrogen) atoms. The van der Waals surface area contributed by atoms with Gasteiger partial charge in [0.15, 0.2) is 0 Å². The van der Waals surface area contributed by atoms with Gasteiger partial charge in [-0.25, -0.2) is 4.39 Å². The second-order valence-electron chi connectivity index (χ2n) is 7.21. The first-order valence-corrected chi connectivity index (χ1v) is 9.69. The number of benzene rings is 3. The minimum Gasteiger partial charge on any atom is -0.488 e. The summed E-state index contributed by atoms with van der Waals surface area (Å²) in [5, 5.41) is 0. The van der Waals surface area contributed by atoms with Crippen molar-refractivity contribution in [1.29, 1.82) is 0 Å². The second kappa shape index (κ2) is 8.37. The van der Waals surface area contributed by atoms with Crippen LogP contribution in [0.15, 0.2) is 66.7 Å². The molecule has 152 valence electrons. The van der Waals surface area contributed by atoms with E-state index in [0.717, 1.165) is 18.1 Å². The second-order valence-corrected chi connectivity index (χ2v) is 7.21. The van der Waals surface area contributed by atoms with Crippen LogP contribution in [0, 0.1) is 5.82 Å². The highest BCUT2D eigenvalue weighted by molar-refractivity contribution is 5.96. The van der Waals surface area contributed by atoms with Crippen molar-refractivity contribution in [3.8, 4) is 5.75 Å². The molecule has 0 fully saturated rings. The first kappa shape index (κ1) is 19.6. The number of amides is 2. The fourth-order valence-corrected chi connectivity index (χ4v) is 3.62. The van der Waals surface area contributed by atoms with Gasteiger partial charge < -0.3 is 15.4 Å². The van der Waals surface area contributed by atoms with E-state index < -0.39 is 11.7 Å². The monoisotopic (exact) mass is 404 g/mol. The molecule has 2 N–H and O–H groups in total. The van der Waals surface area contributed by atoms with E-state index in [4.69, 9.17) is 10.5 Å². The first-order valence-electron chi connectivity index (χ1n) is 9.69. The SMILES string of the molecule is NC(=O)c1c(F)cccc1OCc1ccc(C(=O)N2CCc3ccccc3C2)cc1. The molecule has 0 saturated heterocycles. The summed E-state index contributed by atoms with van der Waals surface area (Å²) in [7, 11) is 0. The van der Waals surface area contributed by atoms with Gasteiger partial charge in [-0.1, -0.05) is 42.5 Å². The number of primary amides is 1. The molecule has 0 unspecified atom stereocenters. The van der Waals surface area contributed by atoms with Crippen LogP contribution >= 0.6 is 0 Å². The Hall–Kier alpha value is -3.67. The van der Waals surface area contributed by atoms with Crippen LogP contribution in [0.3, 0.4) is 0 Å². The number of halogens is 1. The van der Waals surface area contributed by atoms with Crippen LogP contribution in [0.2, 0.25) is 0 Å². The summed E-state index contributed by atoms with van der Waals surface area (Å²) in [5.41, 5.74) is 8.83. The molecule has 0 saturated carbocycles. The highest BCUT2D eigenvalue weighted by Gasteiger charge is 2.21. The lowest BCUT2D eigenvalue weighted by atomic mass is 9.99. The van der Waals surface area contributed by atoms with Gasteiger partial charge in [0.25, 0.3) is 11.8 Å². The maximum atomic E-state index is 13.8. The first-order chi connectivity index (χ1) is 14.5. The number of hydrogen-bond acceptors (Lipinski definition) is 3. The van der Waals surface area contributed by atoms with E-state index in [1.54, 1.807) is 24.3 Å². The molecule has 0 bridgehead atoms. The molecule has 0 aromatic heterocycles. The predicted molar refractivity (Wildman–Crippen MR) is 111 cm³/mol. The molecular formula is C24H21FN2O3. The number of ether oxygens (including phenoxy) is 1. The smallest absolute Gasteiger partial charge is 0.255 e. The Labute approximate surface area is 173 Å². The molecule has 5 nitrogen and oxygen atoms in total. The van der Waals surface area contributed by atoms with E-state index in [0.29, 0.717) is 18.7 Å². The van der Waals surface area contributed by atoms with Gasteiger partial charge in [-0.3, -0.25) is 9.59 Å². The van der Waals surface area contributed by atoms with Crippen LogP contribution in [0.1, 0.15) is 37.4 Å². The minimum absolute atomic E-state index is 0.0156. The number of rotatable bonds is 5. The van der Waals surface area contributed by atoms with Crippen LogP contribution < -0.4 is 10.5 Å². The Bertz CT molecular complexity index is 1100. The van der Waals surface area contributed by atoms with Gasteiger partial charge >= 0.3 is 0 Å². The number of nitrogens with two attached hydrogens (primary N) is 1. The zero-order valence-corrected chi connectivity index (χ0v) is 16.3. The molecule has 0 spiro atoms. The van der Waals surface area contributed by atoms with E-state index in [-0.39, 0.29) is 23.8 Å². The van der Waals surface area contributed by atoms with Gasteiger partial charge in [-0.05, 0) is 47.4 Å². The molecule has 3 aromatic carbocycles. The topological polar surface area (TPSA) is 72.6 Å². The number of carbonyl (C=O) groups excluding carboxylic acids is 2. The molecule has 2 amide bonds. The molecule has 4 rings (SSSR count). The van der Waals surface area contributed by atoms with Crippen molar-refractivity contribution in [2.45, 2.75) is 19.6 Å². The number of nitrogens with zero attached hydrogens (tertiary/aromatic N) is 1. The van der Waals surface area contributed by atoms with Crippen molar-refractivity contribution in [2.24, 2.45) is 5.73 Å². The quantitative estimate of drug-likeness (QED) is 0.705. The standard InChI is InChI=1S/C24H21FN2O3/c25-20-6-3-7-21(22(20)23(26)28)30-15-16-8-10-18(11-9-16)24(29)27-13-12-17-4-1-2-5-19(17)14-27/h1-11H,12-15H2,(H2,26,28). The molecule has 0 atom stereocenters. The Morgan fingerprint density at radius 3 is 2.43 bits per heavy atom. The summed E-state index contributed by atoms with van der Waals surface area (Å²) in [6.45, 7) is 1.42. The summed E-state index contributed by atoms with van der Waals surface area (Å²) in [5.74, 6) is -1.52. The summed E-state index contributed by atoms with van der Waals surface area (Å²) in [6, 6.07) is 19.4. The Morgan fingerprint density at radius 1 is 0.967 bits per heavy atom. The van der Waals surface area contributed by atoms with Gasteiger partial charge in [0.05, 0.1) is 0 Å². The molecule has 1 heterocycles. The van der Waals surface area contributed by atoms with Crippen LogP contribution in [0.25, 0.3) is 0 Å². The fraction of sp³-hybridized carbons (Fsp3) is 0.167. The van der Waals surface area contributed by atoms with E-state index in [9.17, 15) is 14.0 Å². The summed E-state index contributed by atoms with van der Waals surface area (Å²) in [6.07, 6.45) is 0.851. The molecule has 0 aliphatic carbocycles. The highest BCUT2D eigenvalue weighted by Crippen LogP contribution is 2.23. The van der Waals surface area contributed by atoms with E-state index in [2.05, 4.69) is 12.1 Å². The molecule has 1 aliphatic rings. The van der Waals surface area contributed by atoms with Gasteiger partial charge in [-0.15, -0.1) is 0 Å². The zero-order chi connectivity index (χ0) is 21.1. The van der Waals surface area contributed by atoms with Crippen molar-refractivity contribution >= 4 is 11.8 Å². The van der Waals surface area contributed by atoms with Crippen LogP contribution in [0.4, 0.5) is 4.39 Å². The lowest BCUT2D eigenvalue weighted by molar-refractivity contribution is 0.0734. The van der Waals surface area contributed by atoms with Gasteiger partial charge in [0.1, 0.15) is 23.7 Å². The van der Waals surface area contributed by atoms with Gasteiger partial charge in [0, 0.05) is 18.7 Å². The van der Waals surface area contributed by atoms with Crippen LogP contribution in [0.5, 0.6) is 5.75 Å². The molecule has 1 aliphatic heterocycles. The molecule has 6 heteroatoms. The van der Waals surface area contributed by atoms with E-state index in [1.165, 1.54) is 23.3 Å². The minimum atomic E-state index is -0.882. The lowest BCUT2D eigenvalue weighted by Crippen LogP contribution is -2.35. The predicted octanol–water partition coefficient (Wildman–Crippen LogP) is 3.70. The van der Waals surface area contributed by atoms with Gasteiger partial charge in [-0.2, -0.15) is 0 Å². The zero-order valence-electron chi connectivity index (χ0n) is 16.3. The number of hydrogen-bond donors (Lipinski definition) is 1. The molecule has 3 aromatic rings. The summed E-state index contributed by atoms with van der Waals surface area (Å²) in [4.78, 5) is 26.2. The molecular weight excluding hydrogens is 383 g/mol. The third kappa shape index (κ3) is 4.03. The normalized spacial score (nSPS) is 12.9. The summed E-state index contributed by atoms with van der Waals surface area (Å²) >= 11 is 0. The summed E-state index contributed by atoms with van der Waals surface area (Å²) < 4.78 is 19.4. The average molecular weight is 404 g/mol. The Kier molecular flexibility index (Phi) is 5.48. The van der Waals surface area contributed by atoms with Gasteiger partial charge in [0.2, 0.25) is 0 Å². The largest absolute Gasteiger partial charge is 0.488 e. The van der Waals surface area contributed by atoms with Crippen molar-refractivity contribution in [3.63, 3.8) is 0 Å². The number of carbonyl (C=O) groups is 2. The number of fused-ring (bicyclic) bond motifs is 1. The van der Waals surface area contributed by atoms with Crippen molar-refractivity contribution in [3.05, 3.63) is 100 Å². The Balaban J connectivity index is 1.42. The maximum Gasteiger partial charge on any atom is 0.255 e. The van der Waals surface area contributed by atoms with Crippen molar-refractivity contribution < 1.29 is 18.7 Å². The van der Waals surface area contributed by atoms with E-state index in [1.807, 2.05) is 17.0 Å². The van der Waals surface area contributed by atoms with Crippen LogP contribution in [-0.2, 0) is 19.6 Å². The third-order valence-corrected chi connectivity index (χ3v) is 5.23. The lowest BCUT2D eigenvalue weighted by Gasteiger charge is -2.29. The van der Waals surface area contributed by atoms with Crippen molar-refractivity contribution in [1.82, 2.24) is 4.90 Å². The molecule has 0 radical (unpaired) electrons. The fourth-order valence-electron chi connectivity index (χ4n) is 3.62. The van der Waals surface area contributed by atoms with Crippen LogP contribution in [-0.4, -0.2) is 23.3 Å². The maximum absolute atomic E-state index is 13.8. The Morgan fingerprint density at radius 2 is 1.70 bits per heavy atom. The third-order valence-electron chi connectivity index (χ3n) is 5.23. The highest BCUT2D eigenvalue weighted by atomic mass is 19.1. The van der Waals surface area contributed by atoms with Crippen molar-refractivity contribution in [2.75, 3.05) is 6.54 Å². The van der Waals surface area contributed by atoms with E-state index >= 15 is 0 Å².